The van der Waals surface area contributed by atoms with Gasteiger partial charge in [0.15, 0.2) is 0 Å². The van der Waals surface area contributed by atoms with E-state index in [1.54, 1.807) is 24.3 Å². The second-order valence-corrected chi connectivity index (χ2v) is 7.57. The summed E-state index contributed by atoms with van der Waals surface area (Å²) in [5, 5.41) is 10.6. The van der Waals surface area contributed by atoms with Crippen molar-refractivity contribution in [2.75, 3.05) is 6.54 Å². The molecule has 0 spiro atoms. The van der Waals surface area contributed by atoms with Crippen molar-refractivity contribution in [2.24, 2.45) is 5.92 Å². The van der Waals surface area contributed by atoms with Gasteiger partial charge in [-0.1, -0.05) is 40.9 Å². The quantitative estimate of drug-likeness (QED) is 0.791. The second kappa shape index (κ2) is 7.02. The normalized spacial score (nSPS) is 23.7. The Morgan fingerprint density at radius 3 is 2.45 bits per heavy atom. The van der Waals surface area contributed by atoms with Crippen molar-refractivity contribution in [2.45, 2.75) is 42.0 Å². The van der Waals surface area contributed by atoms with Crippen LogP contribution in [0.25, 0.3) is 0 Å². The summed E-state index contributed by atoms with van der Waals surface area (Å²) in [5.41, 5.74) is 1.03. The van der Waals surface area contributed by atoms with E-state index in [4.69, 9.17) is 0 Å². The van der Waals surface area contributed by atoms with Gasteiger partial charge in [-0.2, -0.15) is 0 Å². The molecule has 2 atom stereocenters. The van der Waals surface area contributed by atoms with Crippen LogP contribution in [0.15, 0.2) is 29.2 Å². The molecule has 1 saturated carbocycles. The van der Waals surface area contributed by atoms with Gasteiger partial charge in [0.05, 0.1) is 11.0 Å². The molecular formula is C14H20BrNO3S. The number of sulfonamides is 1. The highest BCUT2D eigenvalue weighted by molar-refractivity contribution is 9.08. The molecule has 0 aliphatic heterocycles. The Hall–Kier alpha value is -0.430. The number of halogens is 1. The molecule has 0 bridgehead atoms. The van der Waals surface area contributed by atoms with Crippen LogP contribution in [-0.4, -0.2) is 26.2 Å². The van der Waals surface area contributed by atoms with E-state index in [1.165, 1.54) is 0 Å². The molecule has 1 aromatic carbocycles. The van der Waals surface area contributed by atoms with Gasteiger partial charge in [-0.05, 0) is 36.5 Å². The minimum Gasteiger partial charge on any atom is -0.393 e. The highest BCUT2D eigenvalue weighted by Gasteiger charge is 2.25. The van der Waals surface area contributed by atoms with Crippen LogP contribution < -0.4 is 4.72 Å². The highest BCUT2D eigenvalue weighted by Crippen LogP contribution is 2.24. The molecule has 2 N–H and O–H groups in total. The lowest BCUT2D eigenvalue weighted by atomic mass is 9.87. The third kappa shape index (κ3) is 4.04. The second-order valence-electron chi connectivity index (χ2n) is 5.24. The third-order valence-corrected chi connectivity index (χ3v) is 5.88. The van der Waals surface area contributed by atoms with Crippen LogP contribution in [0.3, 0.4) is 0 Å². The molecule has 6 heteroatoms. The number of hydrogen-bond acceptors (Lipinski definition) is 3. The standard InChI is InChI=1S/C14H20BrNO3S/c15-9-11-5-7-13(8-6-11)20(18,19)16-10-12-3-1-2-4-14(12)17/h5-8,12,14,16-17H,1-4,9-10H2. The summed E-state index contributed by atoms with van der Waals surface area (Å²) in [7, 11) is -3.48. The fourth-order valence-electron chi connectivity index (χ4n) is 2.48. The largest absolute Gasteiger partial charge is 0.393 e. The average Bonchev–Trinajstić information content (AvgIpc) is 2.46. The maximum absolute atomic E-state index is 12.2. The molecule has 1 aliphatic rings. The molecule has 1 fully saturated rings. The van der Waals surface area contributed by atoms with Gasteiger partial charge in [-0.3, -0.25) is 0 Å². The minimum absolute atomic E-state index is 0.0281. The Balaban J connectivity index is 1.99. The molecule has 0 aromatic heterocycles. The Labute approximate surface area is 128 Å². The summed E-state index contributed by atoms with van der Waals surface area (Å²) >= 11 is 3.33. The van der Waals surface area contributed by atoms with Crippen molar-refractivity contribution in [3.05, 3.63) is 29.8 Å². The smallest absolute Gasteiger partial charge is 0.240 e. The summed E-state index contributed by atoms with van der Waals surface area (Å²) in [6.07, 6.45) is 3.35. The van der Waals surface area contributed by atoms with Crippen LogP contribution in [0.2, 0.25) is 0 Å². The first-order valence-electron chi connectivity index (χ1n) is 6.85. The van der Waals surface area contributed by atoms with Crippen LogP contribution in [-0.2, 0) is 15.4 Å². The van der Waals surface area contributed by atoms with E-state index in [1.807, 2.05) is 0 Å². The number of aliphatic hydroxyl groups is 1. The number of alkyl halides is 1. The fourth-order valence-corrected chi connectivity index (χ4v) is 3.95. The average molecular weight is 362 g/mol. The van der Waals surface area contributed by atoms with Crippen LogP contribution >= 0.6 is 15.9 Å². The summed E-state index contributed by atoms with van der Waals surface area (Å²) in [6, 6.07) is 6.80. The number of benzene rings is 1. The van der Waals surface area contributed by atoms with Crippen LogP contribution in [0, 0.1) is 5.92 Å². The van der Waals surface area contributed by atoms with Crippen LogP contribution in [0.1, 0.15) is 31.2 Å². The Morgan fingerprint density at radius 2 is 1.85 bits per heavy atom. The number of rotatable bonds is 5. The van der Waals surface area contributed by atoms with E-state index in [0.29, 0.717) is 11.9 Å². The molecular weight excluding hydrogens is 342 g/mol. The lowest BCUT2D eigenvalue weighted by Crippen LogP contribution is -2.36. The predicted octanol–water partition coefficient (Wildman–Crippen LogP) is 2.41. The van der Waals surface area contributed by atoms with Crippen LogP contribution in [0.4, 0.5) is 0 Å². The fraction of sp³-hybridized carbons (Fsp3) is 0.571. The van der Waals surface area contributed by atoms with Crippen molar-refractivity contribution in [1.29, 1.82) is 0 Å². The van der Waals surface area contributed by atoms with Gasteiger partial charge in [0, 0.05) is 11.9 Å². The monoisotopic (exact) mass is 361 g/mol. The van der Waals surface area contributed by atoms with Gasteiger partial charge in [0.1, 0.15) is 0 Å². The summed E-state index contributed by atoms with van der Waals surface area (Å²) < 4.78 is 27.0. The number of aliphatic hydroxyl groups excluding tert-OH is 1. The van der Waals surface area contributed by atoms with Gasteiger partial charge in [0.25, 0.3) is 0 Å². The molecule has 2 rings (SSSR count). The van der Waals surface area contributed by atoms with E-state index in [0.717, 1.165) is 31.2 Å². The van der Waals surface area contributed by atoms with Crippen molar-refractivity contribution in [1.82, 2.24) is 4.72 Å². The molecule has 0 radical (unpaired) electrons. The zero-order chi connectivity index (χ0) is 14.6. The first-order valence-corrected chi connectivity index (χ1v) is 9.46. The molecule has 20 heavy (non-hydrogen) atoms. The van der Waals surface area contributed by atoms with E-state index >= 15 is 0 Å². The van der Waals surface area contributed by atoms with Crippen molar-refractivity contribution >= 4 is 26.0 Å². The molecule has 0 saturated heterocycles. The van der Waals surface area contributed by atoms with Crippen molar-refractivity contribution < 1.29 is 13.5 Å². The van der Waals surface area contributed by atoms with Gasteiger partial charge >= 0.3 is 0 Å². The SMILES string of the molecule is O=S(=O)(NCC1CCCCC1O)c1ccc(CBr)cc1. The Kier molecular flexibility index (Phi) is 5.60. The van der Waals surface area contributed by atoms with Gasteiger partial charge in [-0.15, -0.1) is 0 Å². The van der Waals surface area contributed by atoms with E-state index < -0.39 is 10.0 Å². The zero-order valence-corrected chi connectivity index (χ0v) is 13.7. The lowest BCUT2D eigenvalue weighted by Gasteiger charge is -2.27. The van der Waals surface area contributed by atoms with Crippen LogP contribution in [0.5, 0.6) is 0 Å². The number of hydrogen-bond donors (Lipinski definition) is 2. The molecule has 0 amide bonds. The van der Waals surface area contributed by atoms with Gasteiger partial charge < -0.3 is 5.11 Å². The molecule has 0 heterocycles. The molecule has 2 unspecified atom stereocenters. The maximum Gasteiger partial charge on any atom is 0.240 e. The highest BCUT2D eigenvalue weighted by atomic mass is 79.9. The van der Waals surface area contributed by atoms with Crippen molar-refractivity contribution in [3.8, 4) is 0 Å². The van der Waals surface area contributed by atoms with E-state index in [-0.39, 0.29) is 16.9 Å². The van der Waals surface area contributed by atoms with Crippen molar-refractivity contribution in [3.63, 3.8) is 0 Å². The molecule has 4 nitrogen and oxygen atoms in total. The van der Waals surface area contributed by atoms with Gasteiger partial charge in [0.2, 0.25) is 10.0 Å². The minimum atomic E-state index is -3.48. The third-order valence-electron chi connectivity index (χ3n) is 3.79. The van der Waals surface area contributed by atoms with E-state index in [2.05, 4.69) is 20.7 Å². The zero-order valence-electron chi connectivity index (χ0n) is 11.3. The predicted molar refractivity (Wildman–Crippen MR) is 82.2 cm³/mol. The molecule has 1 aromatic rings. The summed E-state index contributed by atoms with van der Waals surface area (Å²) in [6.45, 7) is 0.309. The molecule has 112 valence electrons. The Morgan fingerprint density at radius 1 is 1.20 bits per heavy atom. The lowest BCUT2D eigenvalue weighted by molar-refractivity contribution is 0.0724. The summed E-state index contributed by atoms with van der Waals surface area (Å²) in [4.78, 5) is 0.271. The molecule has 1 aliphatic carbocycles. The maximum atomic E-state index is 12.2. The Bertz CT molecular complexity index is 530. The summed E-state index contributed by atoms with van der Waals surface area (Å²) in [5.74, 6) is 0.0281. The van der Waals surface area contributed by atoms with Gasteiger partial charge in [-0.25, -0.2) is 13.1 Å². The topological polar surface area (TPSA) is 66.4 Å². The first-order chi connectivity index (χ1) is 9.53. The first kappa shape index (κ1) is 15.9. The number of nitrogens with one attached hydrogen (secondary N) is 1. The van der Waals surface area contributed by atoms with E-state index in [9.17, 15) is 13.5 Å².